The van der Waals surface area contributed by atoms with Gasteiger partial charge in [0.05, 0.1) is 10.0 Å². The van der Waals surface area contributed by atoms with Crippen LogP contribution in [0, 0.1) is 5.92 Å². The van der Waals surface area contributed by atoms with Crippen LogP contribution >= 0.6 is 23.2 Å². The summed E-state index contributed by atoms with van der Waals surface area (Å²) in [6, 6.07) is 2.13. The molecule has 0 saturated carbocycles. The van der Waals surface area contributed by atoms with Crippen LogP contribution in [0.1, 0.15) is 26.7 Å². The summed E-state index contributed by atoms with van der Waals surface area (Å²) in [5.74, 6) is 1.50. The number of hydrogen-bond donors (Lipinski definition) is 1. The highest BCUT2D eigenvalue weighted by atomic mass is 35.5. The summed E-state index contributed by atoms with van der Waals surface area (Å²) in [5, 5.41) is 4.66. The zero-order chi connectivity index (χ0) is 13.8. The summed E-state index contributed by atoms with van der Waals surface area (Å²) in [5.41, 5.74) is 0. The monoisotopic (exact) mass is 301 g/mol. The molecule has 1 fully saturated rings. The zero-order valence-electron chi connectivity index (χ0n) is 11.5. The lowest BCUT2D eigenvalue weighted by molar-refractivity contribution is 0.370. The topological polar surface area (TPSA) is 28.2 Å². The van der Waals surface area contributed by atoms with Crippen molar-refractivity contribution in [2.75, 3.05) is 24.5 Å². The first-order chi connectivity index (χ1) is 9.08. The Kier molecular flexibility index (Phi) is 5.31. The number of halogens is 2. The Balaban J connectivity index is 2.14. The van der Waals surface area contributed by atoms with Gasteiger partial charge in [-0.3, -0.25) is 0 Å². The van der Waals surface area contributed by atoms with Gasteiger partial charge in [0.2, 0.25) is 0 Å². The first kappa shape index (κ1) is 14.9. The quantitative estimate of drug-likeness (QED) is 0.921. The Morgan fingerprint density at radius 2 is 2.26 bits per heavy atom. The molecule has 1 N–H and O–H groups in total. The molecule has 19 heavy (non-hydrogen) atoms. The predicted molar refractivity (Wildman–Crippen MR) is 82.3 cm³/mol. The van der Waals surface area contributed by atoms with E-state index in [-0.39, 0.29) is 0 Å². The lowest BCUT2D eigenvalue weighted by atomic mass is 9.98. The molecule has 1 aliphatic rings. The second-order valence-corrected chi connectivity index (χ2v) is 6.26. The van der Waals surface area contributed by atoms with Gasteiger partial charge in [0.25, 0.3) is 0 Å². The predicted octanol–water partition coefficient (Wildman–Crippen LogP) is 3.60. The lowest BCUT2D eigenvalue weighted by Gasteiger charge is -2.34. The van der Waals surface area contributed by atoms with Crippen LogP contribution in [-0.4, -0.2) is 30.7 Å². The fourth-order valence-corrected chi connectivity index (χ4v) is 3.01. The molecule has 2 rings (SSSR count). The molecule has 1 aliphatic heterocycles. The number of rotatable bonds is 4. The molecule has 1 aromatic heterocycles. The van der Waals surface area contributed by atoms with E-state index in [1.807, 2.05) is 0 Å². The third-order valence-electron chi connectivity index (χ3n) is 3.54. The van der Waals surface area contributed by atoms with Crippen LogP contribution in [0.5, 0.6) is 0 Å². The first-order valence-electron chi connectivity index (χ1n) is 6.86. The van der Waals surface area contributed by atoms with Gasteiger partial charge in [-0.2, -0.15) is 0 Å². The number of piperidine rings is 1. The molecule has 0 aromatic carbocycles. The van der Waals surface area contributed by atoms with Crippen molar-refractivity contribution < 1.29 is 0 Å². The van der Waals surface area contributed by atoms with Crippen LogP contribution < -0.4 is 10.2 Å². The second-order valence-electron chi connectivity index (χ2n) is 5.42. The van der Waals surface area contributed by atoms with Crippen LogP contribution in [0.25, 0.3) is 0 Å². The molecule has 0 spiro atoms. The van der Waals surface area contributed by atoms with Gasteiger partial charge in [0, 0.05) is 18.8 Å². The largest absolute Gasteiger partial charge is 0.353 e. The van der Waals surface area contributed by atoms with Gasteiger partial charge in [-0.15, -0.1) is 0 Å². The molecule has 5 heteroatoms. The van der Waals surface area contributed by atoms with E-state index < -0.39 is 0 Å². The number of nitrogens with one attached hydrogen (secondary N) is 1. The Labute approximate surface area is 125 Å². The van der Waals surface area contributed by atoms with Crippen molar-refractivity contribution in [3.8, 4) is 0 Å². The van der Waals surface area contributed by atoms with Crippen molar-refractivity contribution in [1.29, 1.82) is 0 Å². The zero-order valence-corrected chi connectivity index (χ0v) is 13.0. The Hall–Kier alpha value is -0.510. The van der Waals surface area contributed by atoms with Gasteiger partial charge in [0.1, 0.15) is 5.82 Å². The van der Waals surface area contributed by atoms with E-state index in [0.29, 0.717) is 22.0 Å². The third kappa shape index (κ3) is 3.98. The third-order valence-corrected chi connectivity index (χ3v) is 4.02. The maximum Gasteiger partial charge on any atom is 0.147 e. The van der Waals surface area contributed by atoms with Gasteiger partial charge >= 0.3 is 0 Å². The Morgan fingerprint density at radius 3 is 2.84 bits per heavy atom. The average molecular weight is 302 g/mol. The highest BCUT2D eigenvalue weighted by molar-refractivity contribution is 6.36. The van der Waals surface area contributed by atoms with Crippen molar-refractivity contribution in [3.63, 3.8) is 0 Å². The van der Waals surface area contributed by atoms with Gasteiger partial charge in [-0.25, -0.2) is 4.98 Å². The molecular formula is C14H21Cl2N3. The summed E-state index contributed by atoms with van der Waals surface area (Å²) in [6.07, 6.45) is 4.18. The molecule has 1 aromatic rings. The van der Waals surface area contributed by atoms with Crippen LogP contribution in [0.2, 0.25) is 10.0 Å². The summed E-state index contributed by atoms with van der Waals surface area (Å²) in [6.45, 7) is 7.54. The summed E-state index contributed by atoms with van der Waals surface area (Å²) >= 11 is 12.2. The van der Waals surface area contributed by atoms with E-state index in [4.69, 9.17) is 23.2 Å². The lowest BCUT2D eigenvalue weighted by Crippen LogP contribution is -2.41. The average Bonchev–Trinajstić information content (AvgIpc) is 2.38. The first-order valence-corrected chi connectivity index (χ1v) is 7.62. The number of aromatic nitrogens is 1. The van der Waals surface area contributed by atoms with Crippen molar-refractivity contribution in [1.82, 2.24) is 10.3 Å². The normalized spacial score (nSPS) is 19.7. The van der Waals surface area contributed by atoms with E-state index in [1.54, 1.807) is 12.3 Å². The molecule has 1 atom stereocenters. The van der Waals surface area contributed by atoms with Crippen molar-refractivity contribution in [2.45, 2.75) is 32.7 Å². The molecule has 2 heterocycles. The summed E-state index contributed by atoms with van der Waals surface area (Å²) in [4.78, 5) is 6.68. The minimum atomic E-state index is 0.369. The summed E-state index contributed by atoms with van der Waals surface area (Å²) in [7, 11) is 0. The maximum absolute atomic E-state index is 6.28. The van der Waals surface area contributed by atoms with Crippen LogP contribution in [0.4, 0.5) is 5.82 Å². The van der Waals surface area contributed by atoms with Gasteiger partial charge in [0.15, 0.2) is 0 Å². The molecule has 0 bridgehead atoms. The molecule has 0 aliphatic carbocycles. The fraction of sp³-hybridized carbons (Fsp3) is 0.643. The highest BCUT2D eigenvalue weighted by Crippen LogP contribution is 2.28. The van der Waals surface area contributed by atoms with E-state index in [9.17, 15) is 0 Å². The van der Waals surface area contributed by atoms with Crippen LogP contribution in [-0.2, 0) is 0 Å². The molecule has 1 unspecified atom stereocenters. The molecular weight excluding hydrogens is 281 g/mol. The smallest absolute Gasteiger partial charge is 0.147 e. The van der Waals surface area contributed by atoms with Crippen LogP contribution in [0.3, 0.4) is 0 Å². The Morgan fingerprint density at radius 1 is 1.47 bits per heavy atom. The van der Waals surface area contributed by atoms with Crippen molar-refractivity contribution in [3.05, 3.63) is 22.3 Å². The van der Waals surface area contributed by atoms with Crippen molar-refractivity contribution >= 4 is 29.0 Å². The molecule has 0 radical (unpaired) electrons. The summed E-state index contributed by atoms with van der Waals surface area (Å²) < 4.78 is 0. The minimum Gasteiger partial charge on any atom is -0.353 e. The number of hydrogen-bond acceptors (Lipinski definition) is 3. The Bertz CT molecular complexity index is 417. The molecule has 1 saturated heterocycles. The van der Waals surface area contributed by atoms with E-state index in [2.05, 4.69) is 29.0 Å². The number of anilines is 1. The van der Waals surface area contributed by atoms with Gasteiger partial charge in [-0.05, 0) is 51.8 Å². The highest BCUT2D eigenvalue weighted by Gasteiger charge is 2.21. The standard InChI is InChI=1S/C14H21Cl2N3/c1-10(2)19(9-11-4-3-5-17-7-11)14-13(16)6-12(15)8-18-14/h6,8,10-11,17H,3-5,7,9H2,1-2H3. The van der Waals surface area contributed by atoms with E-state index in [1.165, 1.54) is 12.8 Å². The fourth-order valence-electron chi connectivity index (χ4n) is 2.52. The van der Waals surface area contributed by atoms with Crippen LogP contribution in [0.15, 0.2) is 12.3 Å². The maximum atomic E-state index is 6.28. The number of nitrogens with zero attached hydrogens (tertiary/aromatic N) is 2. The van der Waals surface area contributed by atoms with Crippen molar-refractivity contribution in [2.24, 2.45) is 5.92 Å². The molecule has 3 nitrogen and oxygen atoms in total. The second kappa shape index (κ2) is 6.78. The SMILES string of the molecule is CC(C)N(CC1CCCNC1)c1ncc(Cl)cc1Cl. The van der Waals surface area contributed by atoms with Gasteiger partial charge in [-0.1, -0.05) is 23.2 Å². The van der Waals surface area contributed by atoms with E-state index in [0.717, 1.165) is 25.5 Å². The molecule has 0 amide bonds. The molecule has 106 valence electrons. The number of pyridine rings is 1. The minimum absolute atomic E-state index is 0.369. The van der Waals surface area contributed by atoms with Gasteiger partial charge < -0.3 is 10.2 Å². The van der Waals surface area contributed by atoms with E-state index >= 15 is 0 Å².